The fourth-order valence-corrected chi connectivity index (χ4v) is 3.94. The molecule has 3 aromatic rings. The van der Waals surface area contributed by atoms with E-state index >= 15 is 0 Å². The average Bonchev–Trinajstić information content (AvgIpc) is 2.55. The summed E-state index contributed by atoms with van der Waals surface area (Å²) >= 11 is 13.0. The van der Waals surface area contributed by atoms with E-state index in [0.29, 0.717) is 26.9 Å². The molecule has 25 heavy (non-hydrogen) atoms. The molecule has 4 nitrogen and oxygen atoms in total. The smallest absolute Gasteiger partial charge is 0.340 e. The van der Waals surface area contributed by atoms with Crippen LogP contribution in [-0.2, 0) is 16.5 Å². The van der Waals surface area contributed by atoms with Crippen molar-refractivity contribution in [3.63, 3.8) is 0 Å². The zero-order chi connectivity index (χ0) is 18.1. The number of carbonyl (C=O) groups is 1. The summed E-state index contributed by atoms with van der Waals surface area (Å²) < 4.78 is 6.16. The molecule has 0 fully saturated rings. The molecule has 7 heteroatoms. The van der Waals surface area contributed by atoms with Crippen LogP contribution in [0.25, 0.3) is 22.1 Å². The van der Waals surface area contributed by atoms with E-state index < -0.39 is 18.0 Å². The minimum Gasteiger partial charge on any atom is -0.481 e. The van der Waals surface area contributed by atoms with E-state index in [1.54, 1.807) is 6.07 Å². The number of hydrogen-bond donors (Lipinski definition) is 1. The Morgan fingerprint density at radius 2 is 2.00 bits per heavy atom. The Morgan fingerprint density at radius 3 is 2.64 bits per heavy atom. The normalized spacial score (nSPS) is 11.0. The van der Waals surface area contributed by atoms with Gasteiger partial charge in [0.25, 0.3) is 0 Å². The van der Waals surface area contributed by atoms with E-state index in [1.165, 1.54) is 0 Å². The van der Waals surface area contributed by atoms with Crippen LogP contribution in [0.3, 0.4) is 0 Å². The Kier molecular flexibility index (Phi) is 5.32. The number of aliphatic carboxylic acids is 1. The summed E-state index contributed by atoms with van der Waals surface area (Å²) in [6.45, 7) is 0. The van der Waals surface area contributed by atoms with E-state index in [1.807, 2.05) is 30.3 Å². The zero-order valence-corrected chi connectivity index (χ0v) is 16.6. The summed E-state index contributed by atoms with van der Waals surface area (Å²) in [6.07, 6.45) is -0.424. The first-order valence-corrected chi connectivity index (χ1v) is 9.51. The van der Waals surface area contributed by atoms with E-state index in [9.17, 15) is 14.7 Å². The molecule has 0 aliphatic carbocycles. The highest BCUT2D eigenvalue weighted by Crippen LogP contribution is 2.35. The molecule has 0 spiro atoms. The van der Waals surface area contributed by atoms with Crippen LogP contribution in [0.5, 0.6) is 0 Å². The number of hydrogen-bond acceptors (Lipinski definition) is 3. The third-order valence-electron chi connectivity index (χ3n) is 3.75. The quantitative estimate of drug-likeness (QED) is 0.396. The highest BCUT2D eigenvalue weighted by atomic mass is 79.9. The standard InChI is InChI=1S/C18H11Br2ClO4/c19-8-10-5-12-15(7-14(10)21)25-18(24)13(6-16(22)23)17(12)9-2-1-3-11(20)4-9/h1-5,7H,6,8H2,(H,22,23). The molecular weight excluding hydrogens is 475 g/mol. The highest BCUT2D eigenvalue weighted by Gasteiger charge is 2.20. The first-order valence-electron chi connectivity index (χ1n) is 7.22. The third kappa shape index (κ3) is 3.66. The van der Waals surface area contributed by atoms with Crippen LogP contribution in [0.15, 0.2) is 50.1 Å². The van der Waals surface area contributed by atoms with Gasteiger partial charge in [0, 0.05) is 31.8 Å². The van der Waals surface area contributed by atoms with Crippen molar-refractivity contribution in [3.05, 3.63) is 67.4 Å². The Hall–Kier alpha value is -1.63. The van der Waals surface area contributed by atoms with Crippen LogP contribution in [0.2, 0.25) is 5.02 Å². The highest BCUT2D eigenvalue weighted by molar-refractivity contribution is 9.10. The molecule has 0 saturated carbocycles. The fraction of sp³-hybridized carbons (Fsp3) is 0.111. The second-order valence-corrected chi connectivity index (χ2v) is 7.28. The van der Waals surface area contributed by atoms with E-state index in [2.05, 4.69) is 31.9 Å². The Bertz CT molecular complexity index is 1040. The molecule has 0 aliphatic heterocycles. The SMILES string of the molecule is O=C(O)Cc1c(-c2cccc(Br)c2)c2cc(CBr)c(Cl)cc2oc1=O. The molecule has 0 amide bonds. The summed E-state index contributed by atoms with van der Waals surface area (Å²) in [5.74, 6) is -1.10. The number of alkyl halides is 1. The predicted octanol–water partition coefficient (Wildman–Crippen LogP) is 5.40. The molecular formula is C18H11Br2ClO4. The van der Waals surface area contributed by atoms with Gasteiger partial charge in [-0.15, -0.1) is 0 Å². The van der Waals surface area contributed by atoms with Gasteiger partial charge in [-0.05, 0) is 29.3 Å². The lowest BCUT2D eigenvalue weighted by Crippen LogP contribution is -2.14. The third-order valence-corrected chi connectivity index (χ3v) is 5.20. The van der Waals surface area contributed by atoms with Crippen molar-refractivity contribution in [2.75, 3.05) is 0 Å². The van der Waals surface area contributed by atoms with Gasteiger partial charge in [-0.1, -0.05) is 55.6 Å². The second kappa shape index (κ2) is 7.32. The van der Waals surface area contributed by atoms with Crippen LogP contribution >= 0.6 is 43.5 Å². The van der Waals surface area contributed by atoms with Crippen molar-refractivity contribution >= 4 is 60.4 Å². The molecule has 0 unspecified atom stereocenters. The molecule has 1 N–H and O–H groups in total. The van der Waals surface area contributed by atoms with Crippen LogP contribution < -0.4 is 5.63 Å². The van der Waals surface area contributed by atoms with Crippen LogP contribution in [0.1, 0.15) is 11.1 Å². The molecule has 2 aromatic carbocycles. The number of benzene rings is 2. The molecule has 0 saturated heterocycles. The van der Waals surface area contributed by atoms with Gasteiger partial charge >= 0.3 is 11.6 Å². The Balaban J connectivity index is 2.46. The van der Waals surface area contributed by atoms with Gasteiger partial charge in [0.2, 0.25) is 0 Å². The van der Waals surface area contributed by atoms with Gasteiger partial charge in [0.05, 0.1) is 12.0 Å². The number of carboxylic acid groups (broad SMARTS) is 1. The Labute approximate surface area is 164 Å². The van der Waals surface area contributed by atoms with Gasteiger partial charge in [0.1, 0.15) is 5.58 Å². The molecule has 128 valence electrons. The lowest BCUT2D eigenvalue weighted by atomic mass is 9.95. The van der Waals surface area contributed by atoms with Gasteiger partial charge in [0.15, 0.2) is 0 Å². The summed E-state index contributed by atoms with van der Waals surface area (Å²) in [5.41, 5.74) is 1.86. The summed E-state index contributed by atoms with van der Waals surface area (Å²) in [6, 6.07) is 10.7. The number of carboxylic acids is 1. The molecule has 0 radical (unpaired) electrons. The van der Waals surface area contributed by atoms with Gasteiger partial charge in [-0.3, -0.25) is 4.79 Å². The topological polar surface area (TPSA) is 67.5 Å². The maximum atomic E-state index is 12.4. The van der Waals surface area contributed by atoms with Crippen molar-refractivity contribution in [2.45, 2.75) is 11.8 Å². The first-order chi connectivity index (χ1) is 11.9. The molecule has 1 heterocycles. The van der Waals surface area contributed by atoms with Crippen molar-refractivity contribution in [1.82, 2.24) is 0 Å². The fourth-order valence-electron chi connectivity index (χ4n) is 2.69. The number of rotatable bonds is 4. The molecule has 1 aromatic heterocycles. The van der Waals surface area contributed by atoms with E-state index in [-0.39, 0.29) is 5.56 Å². The minimum atomic E-state index is -1.10. The largest absolute Gasteiger partial charge is 0.481 e. The van der Waals surface area contributed by atoms with Gasteiger partial charge in [-0.2, -0.15) is 0 Å². The number of halogens is 3. The molecule has 0 atom stereocenters. The second-order valence-electron chi connectivity index (χ2n) is 5.40. The van der Waals surface area contributed by atoms with Crippen molar-refractivity contribution in [1.29, 1.82) is 0 Å². The van der Waals surface area contributed by atoms with Crippen molar-refractivity contribution in [2.24, 2.45) is 0 Å². The van der Waals surface area contributed by atoms with E-state index in [4.69, 9.17) is 16.0 Å². The zero-order valence-electron chi connectivity index (χ0n) is 12.7. The van der Waals surface area contributed by atoms with E-state index in [0.717, 1.165) is 15.6 Å². The Morgan fingerprint density at radius 1 is 1.24 bits per heavy atom. The molecule has 0 aliphatic rings. The van der Waals surface area contributed by atoms with Crippen molar-refractivity contribution in [3.8, 4) is 11.1 Å². The van der Waals surface area contributed by atoms with Crippen LogP contribution in [0.4, 0.5) is 0 Å². The monoisotopic (exact) mass is 484 g/mol. The van der Waals surface area contributed by atoms with Gasteiger partial charge in [-0.25, -0.2) is 4.79 Å². The van der Waals surface area contributed by atoms with Crippen LogP contribution in [-0.4, -0.2) is 11.1 Å². The number of fused-ring (bicyclic) bond motifs is 1. The molecule has 0 bridgehead atoms. The molecule has 3 rings (SSSR count). The van der Waals surface area contributed by atoms with Gasteiger partial charge < -0.3 is 9.52 Å². The lowest BCUT2D eigenvalue weighted by molar-refractivity contribution is -0.136. The lowest BCUT2D eigenvalue weighted by Gasteiger charge is -2.13. The minimum absolute atomic E-state index is 0.112. The predicted molar refractivity (Wildman–Crippen MR) is 105 cm³/mol. The first kappa shape index (κ1) is 18.2. The summed E-state index contributed by atoms with van der Waals surface area (Å²) in [4.78, 5) is 23.7. The average molecular weight is 487 g/mol. The maximum absolute atomic E-state index is 12.4. The van der Waals surface area contributed by atoms with Crippen molar-refractivity contribution < 1.29 is 14.3 Å². The maximum Gasteiger partial charge on any atom is 0.340 e. The van der Waals surface area contributed by atoms with Crippen LogP contribution in [0, 0.1) is 0 Å². The summed E-state index contributed by atoms with van der Waals surface area (Å²) in [7, 11) is 0. The summed E-state index contributed by atoms with van der Waals surface area (Å²) in [5, 5.41) is 10.9.